The van der Waals surface area contributed by atoms with E-state index in [1.54, 1.807) is 0 Å². The van der Waals surface area contributed by atoms with Crippen molar-refractivity contribution >= 4 is 23.5 Å². The summed E-state index contributed by atoms with van der Waals surface area (Å²) in [4.78, 5) is 11.1. The van der Waals surface area contributed by atoms with Crippen molar-refractivity contribution in [2.45, 2.75) is 6.42 Å². The zero-order valence-electron chi connectivity index (χ0n) is 8.21. The molecule has 0 heterocycles. The zero-order valence-corrected chi connectivity index (χ0v) is 8.97. The van der Waals surface area contributed by atoms with Gasteiger partial charge in [0, 0.05) is 19.0 Å². The summed E-state index contributed by atoms with van der Waals surface area (Å²) in [5.74, 6) is 0.464. The number of rotatable bonds is 1. The number of carbonyl (C=O) groups is 1. The Bertz CT molecular complexity index is 440. The van der Waals surface area contributed by atoms with Crippen LogP contribution < -0.4 is 5.32 Å². The summed E-state index contributed by atoms with van der Waals surface area (Å²) in [6.07, 6.45) is 0.129. The molecule has 0 saturated carbocycles. The predicted octanol–water partition coefficient (Wildman–Crippen LogP) is 2.51. The van der Waals surface area contributed by atoms with Gasteiger partial charge < -0.3 is 10.1 Å². The highest BCUT2D eigenvalue weighted by atomic mass is 35.5. The SMILES string of the molecule is CNC(=O)OC1=C(Cl)Cc2ccccc21. The van der Waals surface area contributed by atoms with Gasteiger partial charge in [-0.05, 0) is 5.56 Å². The van der Waals surface area contributed by atoms with Crippen LogP contribution in [0.2, 0.25) is 0 Å². The standard InChI is InChI=1S/C11H10ClNO2/c1-13-11(14)15-10-8-5-3-2-4-7(8)6-9(10)12/h2-5H,6H2,1H3,(H,13,14). The molecule has 2 rings (SSSR count). The van der Waals surface area contributed by atoms with E-state index in [1.807, 2.05) is 24.3 Å². The van der Waals surface area contributed by atoms with E-state index in [9.17, 15) is 4.79 Å². The Balaban J connectivity index is 2.32. The van der Waals surface area contributed by atoms with Gasteiger partial charge in [0.25, 0.3) is 0 Å². The van der Waals surface area contributed by atoms with Crippen molar-refractivity contribution in [2.75, 3.05) is 7.05 Å². The van der Waals surface area contributed by atoms with Crippen LogP contribution in [0.3, 0.4) is 0 Å². The fourth-order valence-corrected chi connectivity index (χ4v) is 1.83. The van der Waals surface area contributed by atoms with Crippen LogP contribution in [-0.2, 0) is 11.2 Å². The molecule has 0 aromatic heterocycles. The molecule has 1 aliphatic carbocycles. The van der Waals surface area contributed by atoms with Gasteiger partial charge in [-0.1, -0.05) is 35.9 Å². The van der Waals surface area contributed by atoms with Crippen LogP contribution in [0.4, 0.5) is 4.79 Å². The monoisotopic (exact) mass is 223 g/mol. The van der Waals surface area contributed by atoms with Crippen LogP contribution in [0.15, 0.2) is 29.3 Å². The van der Waals surface area contributed by atoms with E-state index < -0.39 is 6.09 Å². The molecule has 1 aliphatic rings. The maximum absolute atomic E-state index is 11.1. The van der Waals surface area contributed by atoms with Crippen molar-refractivity contribution in [3.8, 4) is 0 Å². The van der Waals surface area contributed by atoms with Crippen molar-refractivity contribution in [3.05, 3.63) is 40.4 Å². The molecule has 0 spiro atoms. The third-order valence-electron chi connectivity index (χ3n) is 2.25. The van der Waals surface area contributed by atoms with Gasteiger partial charge in [0.1, 0.15) is 0 Å². The van der Waals surface area contributed by atoms with Crippen molar-refractivity contribution < 1.29 is 9.53 Å². The highest BCUT2D eigenvalue weighted by molar-refractivity contribution is 6.33. The van der Waals surface area contributed by atoms with Crippen LogP contribution in [0, 0.1) is 0 Å². The van der Waals surface area contributed by atoms with E-state index in [0.29, 0.717) is 17.2 Å². The lowest BCUT2D eigenvalue weighted by atomic mass is 10.1. The van der Waals surface area contributed by atoms with Crippen LogP contribution in [0.25, 0.3) is 5.76 Å². The van der Waals surface area contributed by atoms with E-state index in [1.165, 1.54) is 7.05 Å². The minimum atomic E-state index is -0.500. The Hall–Kier alpha value is -1.48. The highest BCUT2D eigenvalue weighted by Crippen LogP contribution is 2.35. The Morgan fingerprint density at radius 2 is 2.20 bits per heavy atom. The zero-order chi connectivity index (χ0) is 10.8. The smallest absolute Gasteiger partial charge is 0.408 e. The molecule has 1 aromatic carbocycles. The number of allylic oxidation sites excluding steroid dienone is 1. The summed E-state index contributed by atoms with van der Waals surface area (Å²) in [7, 11) is 1.51. The average molecular weight is 224 g/mol. The topological polar surface area (TPSA) is 38.3 Å². The summed E-state index contributed by atoms with van der Waals surface area (Å²) >= 11 is 6.02. The number of fused-ring (bicyclic) bond motifs is 1. The predicted molar refractivity (Wildman–Crippen MR) is 58.5 cm³/mol. The lowest BCUT2D eigenvalue weighted by Crippen LogP contribution is -2.18. The molecule has 15 heavy (non-hydrogen) atoms. The van der Waals surface area contributed by atoms with E-state index in [0.717, 1.165) is 11.1 Å². The minimum absolute atomic E-state index is 0.464. The molecule has 78 valence electrons. The number of benzene rings is 1. The second-order valence-corrected chi connectivity index (χ2v) is 3.66. The Kier molecular flexibility index (Phi) is 2.64. The first-order valence-corrected chi connectivity index (χ1v) is 4.96. The van der Waals surface area contributed by atoms with Crippen molar-refractivity contribution in [1.82, 2.24) is 5.32 Å². The molecule has 0 atom stereocenters. The lowest BCUT2D eigenvalue weighted by Gasteiger charge is -2.06. The lowest BCUT2D eigenvalue weighted by molar-refractivity contribution is 0.194. The molecular weight excluding hydrogens is 214 g/mol. The number of ether oxygens (including phenoxy) is 1. The first-order valence-electron chi connectivity index (χ1n) is 4.59. The van der Waals surface area contributed by atoms with Gasteiger partial charge in [-0.15, -0.1) is 0 Å². The summed E-state index contributed by atoms with van der Waals surface area (Å²) in [6.45, 7) is 0. The molecule has 1 amide bonds. The third-order valence-corrected chi connectivity index (χ3v) is 2.56. The Labute approximate surface area is 92.7 Å². The molecule has 0 aliphatic heterocycles. The molecule has 0 fully saturated rings. The largest absolute Gasteiger partial charge is 0.412 e. The Morgan fingerprint density at radius 3 is 2.93 bits per heavy atom. The fourth-order valence-electron chi connectivity index (χ4n) is 1.54. The minimum Gasteiger partial charge on any atom is -0.408 e. The molecule has 0 unspecified atom stereocenters. The third kappa shape index (κ3) is 1.83. The van der Waals surface area contributed by atoms with Gasteiger partial charge in [0.05, 0.1) is 5.03 Å². The molecule has 1 aromatic rings. The number of alkyl carbamates (subject to hydrolysis) is 1. The van der Waals surface area contributed by atoms with Gasteiger partial charge in [-0.2, -0.15) is 0 Å². The second kappa shape index (κ2) is 3.95. The molecule has 0 radical (unpaired) electrons. The summed E-state index contributed by atoms with van der Waals surface area (Å²) in [5, 5.41) is 2.96. The van der Waals surface area contributed by atoms with Crippen LogP contribution >= 0.6 is 11.6 Å². The van der Waals surface area contributed by atoms with E-state index >= 15 is 0 Å². The number of halogens is 1. The van der Waals surface area contributed by atoms with E-state index in [2.05, 4.69) is 5.32 Å². The van der Waals surface area contributed by atoms with E-state index in [-0.39, 0.29) is 0 Å². The number of amides is 1. The number of hydrogen-bond donors (Lipinski definition) is 1. The van der Waals surface area contributed by atoms with Crippen LogP contribution in [-0.4, -0.2) is 13.1 Å². The number of nitrogens with one attached hydrogen (secondary N) is 1. The van der Waals surface area contributed by atoms with Crippen molar-refractivity contribution in [1.29, 1.82) is 0 Å². The van der Waals surface area contributed by atoms with Gasteiger partial charge in [-0.3, -0.25) is 0 Å². The first-order chi connectivity index (χ1) is 7.22. The maximum Gasteiger partial charge on any atom is 0.412 e. The first kappa shape index (κ1) is 10.1. The van der Waals surface area contributed by atoms with Crippen molar-refractivity contribution in [3.63, 3.8) is 0 Å². The van der Waals surface area contributed by atoms with Crippen molar-refractivity contribution in [2.24, 2.45) is 0 Å². The summed E-state index contributed by atoms with van der Waals surface area (Å²) in [6, 6.07) is 7.69. The molecule has 0 bridgehead atoms. The molecule has 3 nitrogen and oxygen atoms in total. The molecule has 1 N–H and O–H groups in total. The number of hydrogen-bond acceptors (Lipinski definition) is 2. The van der Waals surface area contributed by atoms with Gasteiger partial charge in [0.15, 0.2) is 5.76 Å². The van der Waals surface area contributed by atoms with Gasteiger partial charge in [0.2, 0.25) is 0 Å². The normalized spacial score (nSPS) is 13.7. The number of carbonyl (C=O) groups excluding carboxylic acids is 1. The van der Waals surface area contributed by atoms with Gasteiger partial charge >= 0.3 is 6.09 Å². The van der Waals surface area contributed by atoms with E-state index in [4.69, 9.17) is 16.3 Å². The van der Waals surface area contributed by atoms with Crippen LogP contribution in [0.1, 0.15) is 11.1 Å². The summed E-state index contributed by atoms with van der Waals surface area (Å²) < 4.78 is 5.10. The summed E-state index contributed by atoms with van der Waals surface area (Å²) in [5.41, 5.74) is 1.98. The molecular formula is C11H10ClNO2. The van der Waals surface area contributed by atoms with Gasteiger partial charge in [-0.25, -0.2) is 4.79 Å². The molecule has 0 saturated heterocycles. The Morgan fingerprint density at radius 1 is 1.47 bits per heavy atom. The van der Waals surface area contributed by atoms with Crippen LogP contribution in [0.5, 0.6) is 0 Å². The second-order valence-electron chi connectivity index (χ2n) is 3.21. The molecule has 4 heteroatoms. The highest BCUT2D eigenvalue weighted by Gasteiger charge is 2.23. The fraction of sp³-hybridized carbons (Fsp3) is 0.182. The quantitative estimate of drug-likeness (QED) is 0.795. The average Bonchev–Trinajstić information content (AvgIpc) is 2.55. The maximum atomic E-state index is 11.1.